The van der Waals surface area contributed by atoms with Crippen LogP contribution in [0.2, 0.25) is 5.15 Å². The van der Waals surface area contributed by atoms with E-state index >= 15 is 0 Å². The Morgan fingerprint density at radius 2 is 1.94 bits per heavy atom. The van der Waals surface area contributed by atoms with E-state index in [0.717, 1.165) is 35.5 Å². The van der Waals surface area contributed by atoms with Crippen LogP contribution in [0.3, 0.4) is 0 Å². The van der Waals surface area contributed by atoms with Gasteiger partial charge in [-0.15, -0.1) is 0 Å². The third kappa shape index (κ3) is 4.22. The first-order valence-corrected chi connectivity index (χ1v) is 10.9. The summed E-state index contributed by atoms with van der Waals surface area (Å²) in [5, 5.41) is 4.86. The number of hydrogen-bond acceptors (Lipinski definition) is 7. The minimum absolute atomic E-state index is 0.224. The van der Waals surface area contributed by atoms with E-state index in [2.05, 4.69) is 20.0 Å². The van der Waals surface area contributed by atoms with Gasteiger partial charge in [0.2, 0.25) is 0 Å². The zero-order valence-corrected chi connectivity index (χ0v) is 18.7. The maximum absolute atomic E-state index is 12.4. The van der Waals surface area contributed by atoms with Crippen LogP contribution in [0.25, 0.3) is 17.1 Å². The summed E-state index contributed by atoms with van der Waals surface area (Å²) in [5.41, 5.74) is 4.68. The lowest BCUT2D eigenvalue weighted by Gasteiger charge is -2.28. The molecule has 1 aliphatic heterocycles. The van der Waals surface area contributed by atoms with Gasteiger partial charge >= 0.3 is 5.97 Å². The molecule has 33 heavy (non-hydrogen) atoms. The zero-order chi connectivity index (χ0) is 22.8. The van der Waals surface area contributed by atoms with Crippen LogP contribution < -0.4 is 0 Å². The summed E-state index contributed by atoms with van der Waals surface area (Å²) < 4.78 is 6.54. The van der Waals surface area contributed by atoms with E-state index in [1.807, 2.05) is 48.7 Å². The molecule has 0 unspecified atom stereocenters. The summed E-state index contributed by atoms with van der Waals surface area (Å²) in [5.74, 6) is 0.189. The summed E-state index contributed by atoms with van der Waals surface area (Å²) >= 11 is 6.71. The number of rotatable bonds is 5. The number of esters is 1. The summed E-state index contributed by atoms with van der Waals surface area (Å²) in [6.45, 7) is 1.88. The molecular weight excluding hydrogens is 440 g/mol. The predicted molar refractivity (Wildman–Crippen MR) is 123 cm³/mol. The van der Waals surface area contributed by atoms with E-state index in [9.17, 15) is 4.79 Å². The topological polar surface area (TPSA) is 86.0 Å². The molecule has 0 saturated heterocycles. The van der Waals surface area contributed by atoms with Crippen LogP contribution in [0, 0.1) is 0 Å². The van der Waals surface area contributed by atoms with Gasteiger partial charge in [0.15, 0.2) is 11.5 Å². The monoisotopic (exact) mass is 460 g/mol. The summed E-state index contributed by atoms with van der Waals surface area (Å²) in [4.78, 5) is 28.0. The number of carbonyl (C=O) groups is 1. The number of pyridine rings is 1. The molecule has 0 amide bonds. The number of fused-ring (bicyclic) bond motifs is 1. The third-order valence-corrected chi connectivity index (χ3v) is 6.02. The van der Waals surface area contributed by atoms with E-state index in [4.69, 9.17) is 21.3 Å². The van der Waals surface area contributed by atoms with Crippen molar-refractivity contribution in [3.8, 4) is 17.1 Å². The van der Waals surface area contributed by atoms with Crippen LogP contribution in [0.5, 0.6) is 0 Å². The Bertz CT molecular complexity index is 1290. The van der Waals surface area contributed by atoms with Crippen LogP contribution in [0.15, 0.2) is 61.1 Å². The molecular formula is C24H21ClN6O2. The van der Waals surface area contributed by atoms with Crippen molar-refractivity contribution >= 4 is 17.6 Å². The van der Waals surface area contributed by atoms with Gasteiger partial charge in [0, 0.05) is 61.3 Å². The molecule has 0 N–H and O–H groups in total. The van der Waals surface area contributed by atoms with Gasteiger partial charge in [0.05, 0.1) is 18.5 Å². The number of para-hydroxylation sites is 1. The Labute approximate surface area is 195 Å². The molecule has 0 aliphatic carbocycles. The zero-order valence-electron chi connectivity index (χ0n) is 18.0. The number of benzene rings is 1. The Morgan fingerprint density at radius 1 is 1.15 bits per heavy atom. The number of hydrogen-bond donors (Lipinski definition) is 0. The van der Waals surface area contributed by atoms with Crippen molar-refractivity contribution < 1.29 is 9.53 Å². The second kappa shape index (κ2) is 9.09. The van der Waals surface area contributed by atoms with Gasteiger partial charge < -0.3 is 4.74 Å². The second-order valence-corrected chi connectivity index (χ2v) is 8.08. The molecule has 0 atom stereocenters. The molecule has 0 radical (unpaired) electrons. The minimum atomic E-state index is -0.510. The highest BCUT2D eigenvalue weighted by Crippen LogP contribution is 2.28. The van der Waals surface area contributed by atoms with E-state index < -0.39 is 5.97 Å². The lowest BCUT2D eigenvalue weighted by Crippen LogP contribution is -2.31. The van der Waals surface area contributed by atoms with Crippen molar-refractivity contribution in [3.63, 3.8) is 0 Å². The Kier molecular flexibility index (Phi) is 5.85. The molecule has 1 aromatic carbocycles. The number of ether oxygens (including phenoxy) is 1. The quantitative estimate of drug-likeness (QED) is 0.419. The van der Waals surface area contributed by atoms with Crippen molar-refractivity contribution in [1.29, 1.82) is 0 Å². The fourth-order valence-corrected chi connectivity index (χ4v) is 4.23. The Balaban J connectivity index is 1.41. The molecule has 0 spiro atoms. The molecule has 0 bridgehead atoms. The first-order valence-electron chi connectivity index (χ1n) is 10.5. The lowest BCUT2D eigenvalue weighted by atomic mass is 10.1. The highest BCUT2D eigenvalue weighted by Gasteiger charge is 2.27. The fraction of sp³-hybridized carbons (Fsp3) is 0.208. The number of halogens is 1. The van der Waals surface area contributed by atoms with Crippen LogP contribution >= 0.6 is 11.6 Å². The molecule has 4 aromatic rings. The van der Waals surface area contributed by atoms with Crippen molar-refractivity contribution in [3.05, 3.63) is 88.7 Å². The molecule has 166 valence electrons. The van der Waals surface area contributed by atoms with Gasteiger partial charge in [-0.2, -0.15) is 5.10 Å². The number of aromatic nitrogens is 5. The fourth-order valence-electron chi connectivity index (χ4n) is 3.94. The molecule has 0 fully saturated rings. The SMILES string of the molecule is COC(=O)c1nn(-c2ccccc2)c(Cl)c1CN1CCc2nc(-c3ccncc3)ncc2C1. The van der Waals surface area contributed by atoms with Crippen LogP contribution in [0.1, 0.15) is 27.3 Å². The van der Waals surface area contributed by atoms with Gasteiger partial charge in [-0.3, -0.25) is 9.88 Å². The van der Waals surface area contributed by atoms with Crippen molar-refractivity contribution in [2.24, 2.45) is 0 Å². The van der Waals surface area contributed by atoms with Crippen LogP contribution in [-0.4, -0.2) is 49.3 Å². The average molecular weight is 461 g/mol. The highest BCUT2D eigenvalue weighted by atomic mass is 35.5. The van der Waals surface area contributed by atoms with Crippen LogP contribution in [-0.2, 0) is 24.2 Å². The largest absolute Gasteiger partial charge is 0.464 e. The first-order chi connectivity index (χ1) is 16.1. The molecule has 0 saturated carbocycles. The minimum Gasteiger partial charge on any atom is -0.464 e. The molecule has 5 rings (SSSR count). The molecule has 9 heteroatoms. The molecule has 8 nitrogen and oxygen atoms in total. The van der Waals surface area contributed by atoms with Crippen LogP contribution in [0.4, 0.5) is 0 Å². The molecule has 4 heterocycles. The second-order valence-electron chi connectivity index (χ2n) is 7.72. The van der Waals surface area contributed by atoms with E-state index in [-0.39, 0.29) is 5.69 Å². The number of methoxy groups -OCH3 is 1. The van der Waals surface area contributed by atoms with Crippen molar-refractivity contribution in [2.75, 3.05) is 13.7 Å². The maximum atomic E-state index is 12.4. The smallest absolute Gasteiger partial charge is 0.358 e. The van der Waals surface area contributed by atoms with Gasteiger partial charge in [-0.1, -0.05) is 29.8 Å². The number of nitrogens with zero attached hydrogens (tertiary/aromatic N) is 6. The standard InChI is InChI=1S/C24H21ClN6O2/c1-33-24(32)21-19(22(25)31(29-21)18-5-3-2-4-6-18)15-30-12-9-20-17(14-30)13-27-23(28-20)16-7-10-26-11-8-16/h2-8,10-11,13H,9,12,14-15H2,1H3. The van der Waals surface area contributed by atoms with Gasteiger partial charge in [-0.25, -0.2) is 19.4 Å². The summed E-state index contributed by atoms with van der Waals surface area (Å²) in [6, 6.07) is 13.3. The molecule has 1 aliphatic rings. The highest BCUT2D eigenvalue weighted by molar-refractivity contribution is 6.31. The lowest BCUT2D eigenvalue weighted by molar-refractivity contribution is 0.0591. The summed E-state index contributed by atoms with van der Waals surface area (Å²) in [6.07, 6.45) is 6.12. The average Bonchev–Trinajstić information content (AvgIpc) is 3.20. The first kappa shape index (κ1) is 21.2. The van der Waals surface area contributed by atoms with E-state index in [1.165, 1.54) is 7.11 Å². The van der Waals surface area contributed by atoms with E-state index in [0.29, 0.717) is 29.6 Å². The predicted octanol–water partition coefficient (Wildman–Crippen LogP) is 3.72. The van der Waals surface area contributed by atoms with E-state index in [1.54, 1.807) is 17.1 Å². The normalized spacial score (nSPS) is 13.5. The Morgan fingerprint density at radius 3 is 2.70 bits per heavy atom. The van der Waals surface area contributed by atoms with Gasteiger partial charge in [-0.05, 0) is 24.3 Å². The number of carbonyl (C=O) groups excluding carboxylic acids is 1. The van der Waals surface area contributed by atoms with Crippen molar-refractivity contribution in [2.45, 2.75) is 19.5 Å². The summed E-state index contributed by atoms with van der Waals surface area (Å²) in [7, 11) is 1.34. The third-order valence-electron chi connectivity index (χ3n) is 5.63. The van der Waals surface area contributed by atoms with Crippen molar-refractivity contribution in [1.82, 2.24) is 29.6 Å². The van der Waals surface area contributed by atoms with Gasteiger partial charge in [0.25, 0.3) is 0 Å². The molecule has 3 aromatic heterocycles. The Hall–Kier alpha value is -3.62. The van der Waals surface area contributed by atoms with Gasteiger partial charge in [0.1, 0.15) is 5.15 Å². The maximum Gasteiger partial charge on any atom is 0.358 e.